The van der Waals surface area contributed by atoms with Gasteiger partial charge in [0.2, 0.25) is 0 Å². The molecule has 0 amide bonds. The summed E-state index contributed by atoms with van der Waals surface area (Å²) in [5.41, 5.74) is 2.94. The van der Waals surface area contributed by atoms with E-state index < -0.39 is 0 Å². The molecular weight excluding hydrogens is 334 g/mol. The molecule has 0 aliphatic heterocycles. The first-order valence-electron chi connectivity index (χ1n) is 8.24. The number of hydrogen-bond acceptors (Lipinski definition) is 2. The number of halogens is 1. The van der Waals surface area contributed by atoms with Gasteiger partial charge in [-0.15, -0.1) is 0 Å². The van der Waals surface area contributed by atoms with Crippen LogP contribution in [0.5, 0.6) is 5.75 Å². The van der Waals surface area contributed by atoms with Gasteiger partial charge in [-0.25, -0.2) is 0 Å². The van der Waals surface area contributed by atoms with E-state index in [0.29, 0.717) is 17.3 Å². The van der Waals surface area contributed by atoms with Gasteiger partial charge < -0.3 is 9.30 Å². The lowest BCUT2D eigenvalue weighted by molar-refractivity contribution is 0.242. The fourth-order valence-corrected chi connectivity index (χ4v) is 2.86. The molecular formula is C21H20ClNO2. The molecule has 0 atom stereocenters. The number of pyridine rings is 1. The summed E-state index contributed by atoms with van der Waals surface area (Å²) >= 11 is 6.33. The van der Waals surface area contributed by atoms with Crippen molar-refractivity contribution in [2.45, 2.75) is 26.5 Å². The van der Waals surface area contributed by atoms with Crippen molar-refractivity contribution in [3.8, 4) is 16.9 Å². The van der Waals surface area contributed by atoms with Crippen molar-refractivity contribution in [2.24, 2.45) is 0 Å². The molecule has 0 saturated heterocycles. The lowest BCUT2D eigenvalue weighted by atomic mass is 10.1. The molecule has 0 aliphatic rings. The molecule has 1 heterocycles. The first kappa shape index (κ1) is 17.3. The van der Waals surface area contributed by atoms with Crippen LogP contribution in [0.3, 0.4) is 0 Å². The Morgan fingerprint density at radius 3 is 2.40 bits per heavy atom. The standard InChI is InChI=1S/C21H20ClNO2/c1-15(2)25-20-10-8-17(12-19(20)22)18-9-11-21(24)23(14-18)13-16-6-4-3-5-7-16/h3-12,14-15H,13H2,1-2H3. The number of hydrogen-bond donors (Lipinski definition) is 0. The molecule has 25 heavy (non-hydrogen) atoms. The van der Waals surface area contributed by atoms with E-state index in [4.69, 9.17) is 16.3 Å². The fourth-order valence-electron chi connectivity index (χ4n) is 2.64. The van der Waals surface area contributed by atoms with Gasteiger partial charge in [-0.2, -0.15) is 0 Å². The van der Waals surface area contributed by atoms with Gasteiger partial charge in [-0.05, 0) is 48.7 Å². The van der Waals surface area contributed by atoms with E-state index >= 15 is 0 Å². The first-order valence-corrected chi connectivity index (χ1v) is 8.62. The van der Waals surface area contributed by atoms with E-state index in [1.807, 2.05) is 74.6 Å². The highest BCUT2D eigenvalue weighted by atomic mass is 35.5. The molecule has 3 rings (SSSR count). The zero-order valence-corrected chi connectivity index (χ0v) is 15.0. The molecule has 0 radical (unpaired) electrons. The summed E-state index contributed by atoms with van der Waals surface area (Å²) in [5.74, 6) is 0.665. The second kappa shape index (κ2) is 7.58. The summed E-state index contributed by atoms with van der Waals surface area (Å²) in [4.78, 5) is 12.2. The van der Waals surface area contributed by atoms with Crippen molar-refractivity contribution in [1.82, 2.24) is 4.57 Å². The molecule has 0 N–H and O–H groups in total. The predicted molar refractivity (Wildman–Crippen MR) is 102 cm³/mol. The fraction of sp³-hybridized carbons (Fsp3) is 0.190. The molecule has 0 fully saturated rings. The molecule has 128 valence electrons. The third kappa shape index (κ3) is 4.31. The van der Waals surface area contributed by atoms with Gasteiger partial charge in [0.05, 0.1) is 17.7 Å². The SMILES string of the molecule is CC(C)Oc1ccc(-c2ccc(=O)n(Cc3ccccc3)c2)cc1Cl. The van der Waals surface area contributed by atoms with E-state index in [2.05, 4.69) is 0 Å². The Morgan fingerprint density at radius 2 is 1.72 bits per heavy atom. The lowest BCUT2D eigenvalue weighted by Gasteiger charge is -2.13. The molecule has 2 aromatic carbocycles. The van der Waals surface area contributed by atoms with Crippen LogP contribution in [0, 0.1) is 0 Å². The van der Waals surface area contributed by atoms with Crippen LogP contribution < -0.4 is 10.3 Å². The summed E-state index contributed by atoms with van der Waals surface area (Å²) in [6.07, 6.45) is 1.93. The van der Waals surface area contributed by atoms with Crippen LogP contribution in [0.2, 0.25) is 5.02 Å². The Kier molecular flexibility index (Phi) is 5.25. The van der Waals surface area contributed by atoms with Gasteiger partial charge in [-0.1, -0.05) is 48.0 Å². The van der Waals surface area contributed by atoms with Crippen LogP contribution in [0.15, 0.2) is 71.7 Å². The van der Waals surface area contributed by atoms with Gasteiger partial charge in [0.1, 0.15) is 5.75 Å². The second-order valence-electron chi connectivity index (χ2n) is 6.18. The molecule has 0 spiro atoms. The van der Waals surface area contributed by atoms with Gasteiger partial charge in [0.15, 0.2) is 0 Å². The maximum atomic E-state index is 12.2. The third-order valence-electron chi connectivity index (χ3n) is 3.81. The van der Waals surface area contributed by atoms with Crippen molar-refractivity contribution in [1.29, 1.82) is 0 Å². The summed E-state index contributed by atoms with van der Waals surface area (Å²) in [6, 6.07) is 19.0. The first-order chi connectivity index (χ1) is 12.0. The van der Waals surface area contributed by atoms with Crippen LogP contribution in [0.1, 0.15) is 19.4 Å². The highest BCUT2D eigenvalue weighted by Crippen LogP contribution is 2.30. The number of aromatic nitrogens is 1. The molecule has 3 nitrogen and oxygen atoms in total. The average Bonchev–Trinajstić information content (AvgIpc) is 2.59. The molecule has 3 aromatic rings. The molecule has 0 unspecified atom stereocenters. The average molecular weight is 354 g/mol. The van der Waals surface area contributed by atoms with Crippen LogP contribution in [-0.4, -0.2) is 10.7 Å². The van der Waals surface area contributed by atoms with Crippen molar-refractivity contribution < 1.29 is 4.74 Å². The molecule has 0 aliphatic carbocycles. The normalized spacial score (nSPS) is 10.9. The zero-order valence-electron chi connectivity index (χ0n) is 14.3. The van der Waals surface area contributed by atoms with Crippen LogP contribution in [0.25, 0.3) is 11.1 Å². The number of nitrogens with zero attached hydrogens (tertiary/aromatic N) is 1. The van der Waals surface area contributed by atoms with E-state index in [1.165, 1.54) is 0 Å². The minimum Gasteiger partial charge on any atom is -0.489 e. The molecule has 1 aromatic heterocycles. The van der Waals surface area contributed by atoms with E-state index in [9.17, 15) is 4.79 Å². The molecule has 0 bridgehead atoms. The highest BCUT2D eigenvalue weighted by Gasteiger charge is 2.08. The Balaban J connectivity index is 1.92. The van der Waals surface area contributed by atoms with Crippen LogP contribution in [0.4, 0.5) is 0 Å². The van der Waals surface area contributed by atoms with Crippen molar-refractivity contribution in [3.63, 3.8) is 0 Å². The predicted octanol–water partition coefficient (Wildman–Crippen LogP) is 5.00. The quantitative estimate of drug-likeness (QED) is 0.646. The van der Waals surface area contributed by atoms with Crippen LogP contribution in [-0.2, 0) is 6.54 Å². The van der Waals surface area contributed by atoms with Crippen molar-refractivity contribution in [3.05, 3.63) is 87.8 Å². The van der Waals surface area contributed by atoms with Gasteiger partial charge in [0, 0.05) is 12.3 Å². The Bertz CT molecular complexity index is 917. The number of ether oxygens (including phenoxy) is 1. The van der Waals surface area contributed by atoms with E-state index in [0.717, 1.165) is 16.7 Å². The van der Waals surface area contributed by atoms with Gasteiger partial charge >= 0.3 is 0 Å². The lowest BCUT2D eigenvalue weighted by Crippen LogP contribution is -2.19. The smallest absolute Gasteiger partial charge is 0.250 e. The minimum atomic E-state index is -0.0292. The minimum absolute atomic E-state index is 0.0292. The largest absolute Gasteiger partial charge is 0.489 e. The summed E-state index contributed by atoms with van der Waals surface area (Å²) < 4.78 is 7.38. The summed E-state index contributed by atoms with van der Waals surface area (Å²) in [7, 11) is 0. The number of rotatable bonds is 5. The number of benzene rings is 2. The maximum Gasteiger partial charge on any atom is 0.250 e. The summed E-state index contributed by atoms with van der Waals surface area (Å²) in [6.45, 7) is 4.46. The summed E-state index contributed by atoms with van der Waals surface area (Å²) in [5, 5.41) is 0.562. The monoisotopic (exact) mass is 353 g/mol. The second-order valence-corrected chi connectivity index (χ2v) is 6.59. The Morgan fingerprint density at radius 1 is 1.00 bits per heavy atom. The Hall–Kier alpha value is -2.52. The topological polar surface area (TPSA) is 31.2 Å². The van der Waals surface area contributed by atoms with Gasteiger partial charge in [-0.3, -0.25) is 4.79 Å². The zero-order chi connectivity index (χ0) is 17.8. The van der Waals surface area contributed by atoms with E-state index in [1.54, 1.807) is 10.6 Å². The molecule has 4 heteroatoms. The van der Waals surface area contributed by atoms with Gasteiger partial charge in [0.25, 0.3) is 5.56 Å². The highest BCUT2D eigenvalue weighted by molar-refractivity contribution is 6.32. The Labute approximate surface area is 152 Å². The van der Waals surface area contributed by atoms with Crippen molar-refractivity contribution >= 4 is 11.6 Å². The maximum absolute atomic E-state index is 12.2. The third-order valence-corrected chi connectivity index (χ3v) is 4.10. The molecule has 0 saturated carbocycles. The van der Waals surface area contributed by atoms with E-state index in [-0.39, 0.29) is 11.7 Å². The van der Waals surface area contributed by atoms with Crippen LogP contribution >= 0.6 is 11.6 Å². The van der Waals surface area contributed by atoms with Crippen molar-refractivity contribution in [2.75, 3.05) is 0 Å².